The Labute approximate surface area is 64.6 Å². The van der Waals surface area contributed by atoms with Gasteiger partial charge in [-0.3, -0.25) is 10.5 Å². The lowest BCUT2D eigenvalue weighted by Crippen LogP contribution is -2.40. The molecule has 0 saturated heterocycles. The first-order valence-corrected chi connectivity index (χ1v) is 3.26. The average molecular weight is 157 g/mol. The van der Waals surface area contributed by atoms with Crippen molar-refractivity contribution in [1.29, 1.82) is 0 Å². The number of carbonyl (C=O) groups is 1. The third-order valence-electron chi connectivity index (χ3n) is 1.34. The molecule has 0 aromatic carbocycles. The van der Waals surface area contributed by atoms with E-state index in [0.29, 0.717) is 0 Å². The molecular weight excluding hydrogens is 146 g/mol. The zero-order valence-corrected chi connectivity index (χ0v) is 6.26. The van der Waals surface area contributed by atoms with Gasteiger partial charge in [0.05, 0.1) is 13.5 Å². The van der Waals surface area contributed by atoms with Crippen molar-refractivity contribution < 1.29 is 9.53 Å². The van der Waals surface area contributed by atoms with Gasteiger partial charge in [0.25, 0.3) is 0 Å². The van der Waals surface area contributed by atoms with Crippen molar-refractivity contribution in [3.63, 3.8) is 0 Å². The van der Waals surface area contributed by atoms with Crippen LogP contribution >= 0.6 is 0 Å². The second kappa shape index (κ2) is 3.25. The van der Waals surface area contributed by atoms with E-state index in [1.165, 1.54) is 7.11 Å². The van der Waals surface area contributed by atoms with E-state index in [0.717, 1.165) is 5.70 Å². The molecule has 62 valence electrons. The maximum absolute atomic E-state index is 10.7. The van der Waals surface area contributed by atoms with E-state index >= 15 is 0 Å². The van der Waals surface area contributed by atoms with Crippen molar-refractivity contribution >= 4 is 5.97 Å². The number of hydrogen-bond acceptors (Lipinski definition) is 5. The molecule has 11 heavy (non-hydrogen) atoms. The van der Waals surface area contributed by atoms with Crippen molar-refractivity contribution in [2.45, 2.75) is 12.7 Å². The van der Waals surface area contributed by atoms with Gasteiger partial charge in [-0.05, 0) is 0 Å². The topological polar surface area (TPSA) is 76.4 Å². The Morgan fingerprint density at radius 1 is 1.91 bits per heavy atom. The quantitative estimate of drug-likeness (QED) is 0.440. The van der Waals surface area contributed by atoms with Crippen molar-refractivity contribution in [1.82, 2.24) is 10.6 Å². The lowest BCUT2D eigenvalue weighted by molar-refractivity contribution is -0.139. The summed E-state index contributed by atoms with van der Waals surface area (Å²) in [6, 6.07) is 0. The maximum Gasteiger partial charge on any atom is 0.311 e. The monoisotopic (exact) mass is 157 g/mol. The SMILES string of the molecule is COC(=O)CC1=CNC(N)N1. The van der Waals surface area contributed by atoms with E-state index in [2.05, 4.69) is 15.4 Å². The van der Waals surface area contributed by atoms with Gasteiger partial charge in [0.2, 0.25) is 0 Å². The predicted molar refractivity (Wildman–Crippen MR) is 39.0 cm³/mol. The molecule has 0 saturated carbocycles. The van der Waals surface area contributed by atoms with E-state index in [9.17, 15) is 4.79 Å². The van der Waals surface area contributed by atoms with Crippen LogP contribution in [0, 0.1) is 0 Å². The molecule has 5 heteroatoms. The Kier molecular flexibility index (Phi) is 2.32. The lowest BCUT2D eigenvalue weighted by Gasteiger charge is -2.06. The summed E-state index contributed by atoms with van der Waals surface area (Å²) < 4.78 is 4.46. The summed E-state index contributed by atoms with van der Waals surface area (Å²) in [5, 5.41) is 5.64. The molecule has 1 aliphatic heterocycles. The fourth-order valence-electron chi connectivity index (χ4n) is 0.803. The molecule has 0 bridgehead atoms. The van der Waals surface area contributed by atoms with Crippen LogP contribution in [-0.2, 0) is 9.53 Å². The van der Waals surface area contributed by atoms with E-state index in [4.69, 9.17) is 5.73 Å². The second-order valence-electron chi connectivity index (χ2n) is 2.21. The molecule has 4 N–H and O–H groups in total. The molecule has 0 aromatic heterocycles. The Balaban J connectivity index is 2.33. The average Bonchev–Trinajstić information content (AvgIpc) is 2.35. The van der Waals surface area contributed by atoms with E-state index < -0.39 is 0 Å². The Bertz CT molecular complexity index is 190. The Hall–Kier alpha value is -1.23. The minimum atomic E-state index is -0.283. The summed E-state index contributed by atoms with van der Waals surface area (Å²) in [5.74, 6) is -0.278. The highest BCUT2D eigenvalue weighted by atomic mass is 16.5. The molecule has 1 atom stereocenters. The Morgan fingerprint density at radius 2 is 2.64 bits per heavy atom. The largest absolute Gasteiger partial charge is 0.469 e. The maximum atomic E-state index is 10.7. The van der Waals surface area contributed by atoms with Crippen LogP contribution in [0.3, 0.4) is 0 Å². The number of hydrogen-bond donors (Lipinski definition) is 3. The number of esters is 1. The molecule has 1 aliphatic rings. The van der Waals surface area contributed by atoms with Crippen LogP contribution in [0.5, 0.6) is 0 Å². The van der Waals surface area contributed by atoms with Crippen LogP contribution in [0.15, 0.2) is 11.9 Å². The molecule has 5 nitrogen and oxygen atoms in total. The molecular formula is C6H11N3O2. The first-order chi connectivity index (χ1) is 5.22. The van der Waals surface area contributed by atoms with E-state index in [1.54, 1.807) is 6.20 Å². The summed E-state index contributed by atoms with van der Waals surface area (Å²) in [4.78, 5) is 10.7. The summed E-state index contributed by atoms with van der Waals surface area (Å²) in [5.41, 5.74) is 6.17. The molecule has 1 heterocycles. The summed E-state index contributed by atoms with van der Waals surface area (Å²) in [6.45, 7) is 0. The lowest BCUT2D eigenvalue weighted by atomic mass is 10.3. The molecule has 0 aromatic rings. The van der Waals surface area contributed by atoms with Crippen LogP contribution < -0.4 is 16.4 Å². The van der Waals surface area contributed by atoms with Gasteiger partial charge < -0.3 is 15.4 Å². The zero-order valence-electron chi connectivity index (χ0n) is 6.26. The third kappa shape index (κ3) is 2.12. The number of rotatable bonds is 2. The fourth-order valence-corrected chi connectivity index (χ4v) is 0.803. The van der Waals surface area contributed by atoms with E-state index in [1.807, 2.05) is 0 Å². The summed E-state index contributed by atoms with van der Waals surface area (Å²) >= 11 is 0. The van der Waals surface area contributed by atoms with Gasteiger partial charge in [-0.2, -0.15) is 0 Å². The number of carbonyl (C=O) groups excluding carboxylic acids is 1. The van der Waals surface area contributed by atoms with Gasteiger partial charge in [-0.25, -0.2) is 0 Å². The first-order valence-electron chi connectivity index (χ1n) is 3.26. The Morgan fingerprint density at radius 3 is 3.09 bits per heavy atom. The second-order valence-corrected chi connectivity index (χ2v) is 2.21. The molecule has 0 spiro atoms. The third-order valence-corrected chi connectivity index (χ3v) is 1.34. The molecule has 0 radical (unpaired) electrons. The van der Waals surface area contributed by atoms with Crippen molar-refractivity contribution in [3.05, 3.63) is 11.9 Å². The smallest absolute Gasteiger partial charge is 0.311 e. The van der Waals surface area contributed by atoms with Crippen LogP contribution in [0.4, 0.5) is 0 Å². The van der Waals surface area contributed by atoms with Crippen LogP contribution in [0.1, 0.15) is 6.42 Å². The van der Waals surface area contributed by atoms with Gasteiger partial charge in [-0.1, -0.05) is 0 Å². The highest BCUT2D eigenvalue weighted by Crippen LogP contribution is 2.01. The summed E-state index contributed by atoms with van der Waals surface area (Å²) in [6.07, 6.45) is 1.62. The number of nitrogens with one attached hydrogen (secondary N) is 2. The van der Waals surface area contributed by atoms with Gasteiger partial charge in [-0.15, -0.1) is 0 Å². The molecule has 0 fully saturated rings. The van der Waals surface area contributed by atoms with Gasteiger partial charge in [0.15, 0.2) is 0 Å². The number of nitrogens with two attached hydrogens (primary N) is 1. The van der Waals surface area contributed by atoms with Crippen molar-refractivity contribution in [2.24, 2.45) is 5.73 Å². The zero-order chi connectivity index (χ0) is 8.27. The normalized spacial score (nSPS) is 21.6. The standard InChI is InChI=1S/C6H11N3O2/c1-11-5(10)2-4-3-8-6(7)9-4/h3,6,8-9H,2,7H2,1H3. The number of ether oxygens (including phenoxy) is 1. The number of methoxy groups -OCH3 is 1. The van der Waals surface area contributed by atoms with Crippen molar-refractivity contribution in [3.8, 4) is 0 Å². The van der Waals surface area contributed by atoms with Crippen LogP contribution in [-0.4, -0.2) is 19.4 Å². The van der Waals surface area contributed by atoms with E-state index in [-0.39, 0.29) is 18.7 Å². The highest BCUT2D eigenvalue weighted by molar-refractivity contribution is 5.72. The minimum absolute atomic E-state index is 0.233. The van der Waals surface area contributed by atoms with Gasteiger partial charge >= 0.3 is 5.97 Å². The molecule has 1 rings (SSSR count). The predicted octanol–water partition coefficient (Wildman–Crippen LogP) is -1.17. The summed E-state index contributed by atoms with van der Waals surface area (Å²) in [7, 11) is 1.35. The van der Waals surface area contributed by atoms with Crippen LogP contribution in [0.25, 0.3) is 0 Å². The fraction of sp³-hybridized carbons (Fsp3) is 0.500. The van der Waals surface area contributed by atoms with Gasteiger partial charge in [0.1, 0.15) is 6.29 Å². The molecule has 0 amide bonds. The van der Waals surface area contributed by atoms with Crippen LogP contribution in [0.2, 0.25) is 0 Å². The molecule has 1 unspecified atom stereocenters. The first kappa shape index (κ1) is 7.87. The minimum Gasteiger partial charge on any atom is -0.469 e. The van der Waals surface area contributed by atoms with Crippen molar-refractivity contribution in [2.75, 3.05) is 7.11 Å². The van der Waals surface area contributed by atoms with Gasteiger partial charge in [0, 0.05) is 11.9 Å². The highest BCUT2D eigenvalue weighted by Gasteiger charge is 2.13. The molecule has 0 aliphatic carbocycles.